The molecule has 0 aliphatic carbocycles. The number of hydrogen-bond donors (Lipinski definition) is 1. The number of H-pyrrole nitrogens is 1. The van der Waals surface area contributed by atoms with Crippen LogP contribution in [0.4, 0.5) is 0 Å². The van der Waals surface area contributed by atoms with Gasteiger partial charge < -0.3 is 9.88 Å². The Morgan fingerprint density at radius 1 is 1.08 bits per heavy atom. The van der Waals surface area contributed by atoms with E-state index in [1.807, 2.05) is 69.3 Å². The van der Waals surface area contributed by atoms with Crippen LogP contribution in [-0.2, 0) is 6.54 Å². The zero-order valence-corrected chi connectivity index (χ0v) is 15.5. The zero-order chi connectivity index (χ0) is 18.7. The average molecular weight is 348 g/mol. The van der Waals surface area contributed by atoms with Crippen molar-refractivity contribution in [3.63, 3.8) is 0 Å². The van der Waals surface area contributed by atoms with Gasteiger partial charge in [0.1, 0.15) is 0 Å². The van der Waals surface area contributed by atoms with Gasteiger partial charge in [-0.1, -0.05) is 42.8 Å². The monoisotopic (exact) mass is 348 g/mol. The number of aryl methyl sites for hydroxylation is 2. The summed E-state index contributed by atoms with van der Waals surface area (Å²) in [7, 11) is 0. The first-order valence-corrected chi connectivity index (χ1v) is 8.97. The summed E-state index contributed by atoms with van der Waals surface area (Å²) in [6.07, 6.45) is 0.835. The van der Waals surface area contributed by atoms with Crippen LogP contribution >= 0.6 is 0 Å². The number of carbonyl (C=O) groups is 1. The fraction of sp³-hybridized carbons (Fsp3) is 0.273. The second-order valence-corrected chi connectivity index (χ2v) is 6.76. The number of para-hydroxylation sites is 1. The van der Waals surface area contributed by atoms with E-state index in [2.05, 4.69) is 4.98 Å². The van der Waals surface area contributed by atoms with E-state index in [9.17, 15) is 9.59 Å². The van der Waals surface area contributed by atoms with Crippen molar-refractivity contribution < 1.29 is 4.79 Å². The topological polar surface area (TPSA) is 53.2 Å². The predicted molar refractivity (Wildman–Crippen MR) is 106 cm³/mol. The largest absolute Gasteiger partial charge is 0.334 e. The van der Waals surface area contributed by atoms with Crippen molar-refractivity contribution in [3.05, 3.63) is 81.1 Å². The van der Waals surface area contributed by atoms with Crippen molar-refractivity contribution in [2.75, 3.05) is 6.54 Å². The summed E-state index contributed by atoms with van der Waals surface area (Å²) in [6.45, 7) is 6.89. The molecule has 3 rings (SSSR count). The van der Waals surface area contributed by atoms with Crippen molar-refractivity contribution >= 4 is 16.8 Å². The summed E-state index contributed by atoms with van der Waals surface area (Å²) in [6, 6.07) is 15.4. The molecule has 134 valence electrons. The van der Waals surface area contributed by atoms with E-state index in [4.69, 9.17) is 0 Å². The maximum absolute atomic E-state index is 12.9. The molecule has 1 amide bonds. The highest BCUT2D eigenvalue weighted by Crippen LogP contribution is 2.17. The molecule has 0 unspecified atom stereocenters. The molecule has 0 bridgehead atoms. The number of hydrogen-bond acceptors (Lipinski definition) is 2. The molecule has 3 aromatic rings. The summed E-state index contributed by atoms with van der Waals surface area (Å²) < 4.78 is 0. The average Bonchev–Trinajstić information content (AvgIpc) is 2.62. The smallest absolute Gasteiger partial charge is 0.254 e. The number of fused-ring (bicyclic) bond motifs is 1. The second-order valence-electron chi connectivity index (χ2n) is 6.76. The number of nitrogens with zero attached hydrogens (tertiary/aromatic N) is 1. The summed E-state index contributed by atoms with van der Waals surface area (Å²) in [5.74, 6) is -0.0423. The van der Waals surface area contributed by atoms with Crippen LogP contribution in [0.1, 0.15) is 40.4 Å². The Bertz CT molecular complexity index is 1000. The molecule has 0 fully saturated rings. The molecule has 2 aromatic carbocycles. The molecule has 0 spiro atoms. The van der Waals surface area contributed by atoms with E-state index in [-0.39, 0.29) is 11.5 Å². The maximum Gasteiger partial charge on any atom is 0.254 e. The third-order valence-corrected chi connectivity index (χ3v) is 4.57. The third-order valence-electron chi connectivity index (χ3n) is 4.57. The number of rotatable bonds is 5. The van der Waals surface area contributed by atoms with Crippen LogP contribution in [0, 0.1) is 13.8 Å². The van der Waals surface area contributed by atoms with Gasteiger partial charge in [0.25, 0.3) is 11.5 Å². The summed E-state index contributed by atoms with van der Waals surface area (Å²) >= 11 is 0. The molecule has 4 heteroatoms. The molecule has 26 heavy (non-hydrogen) atoms. The van der Waals surface area contributed by atoms with E-state index >= 15 is 0 Å². The van der Waals surface area contributed by atoms with Gasteiger partial charge in [-0.25, -0.2) is 0 Å². The number of nitrogens with one attached hydrogen (secondary N) is 1. The lowest BCUT2D eigenvalue weighted by Gasteiger charge is -2.22. The van der Waals surface area contributed by atoms with Crippen LogP contribution in [-0.4, -0.2) is 22.3 Å². The highest BCUT2D eigenvalue weighted by Gasteiger charge is 2.17. The van der Waals surface area contributed by atoms with Crippen LogP contribution in [0.2, 0.25) is 0 Å². The Morgan fingerprint density at radius 2 is 1.85 bits per heavy atom. The number of amides is 1. The minimum atomic E-state index is -0.134. The van der Waals surface area contributed by atoms with Crippen LogP contribution in [0.5, 0.6) is 0 Å². The van der Waals surface area contributed by atoms with Crippen LogP contribution in [0.25, 0.3) is 10.9 Å². The van der Waals surface area contributed by atoms with Gasteiger partial charge in [-0.3, -0.25) is 9.59 Å². The van der Waals surface area contributed by atoms with Gasteiger partial charge in [0.15, 0.2) is 0 Å². The van der Waals surface area contributed by atoms with Gasteiger partial charge >= 0.3 is 0 Å². The summed E-state index contributed by atoms with van der Waals surface area (Å²) in [4.78, 5) is 30.2. The van der Waals surface area contributed by atoms with E-state index in [0.29, 0.717) is 24.2 Å². The third kappa shape index (κ3) is 3.69. The SMILES string of the molecule is CCCN(Cc1cc2cccc(C)c2[nH]c1=O)C(=O)c1cccc(C)c1. The van der Waals surface area contributed by atoms with Gasteiger partial charge in [0.2, 0.25) is 0 Å². The summed E-state index contributed by atoms with van der Waals surface area (Å²) in [5, 5.41) is 0.985. The fourth-order valence-corrected chi connectivity index (χ4v) is 3.23. The number of aromatic amines is 1. The Kier molecular flexibility index (Phi) is 5.21. The van der Waals surface area contributed by atoms with Crippen molar-refractivity contribution in [1.82, 2.24) is 9.88 Å². The number of benzene rings is 2. The van der Waals surface area contributed by atoms with Crippen molar-refractivity contribution in [2.24, 2.45) is 0 Å². The molecule has 1 aromatic heterocycles. The van der Waals surface area contributed by atoms with Gasteiger partial charge in [-0.2, -0.15) is 0 Å². The van der Waals surface area contributed by atoms with Gasteiger partial charge in [-0.15, -0.1) is 0 Å². The predicted octanol–water partition coefficient (Wildman–Crippen LogP) is 4.20. The lowest BCUT2D eigenvalue weighted by Crippen LogP contribution is -2.33. The van der Waals surface area contributed by atoms with Crippen LogP contribution in [0.15, 0.2) is 53.3 Å². The molecule has 0 atom stereocenters. The van der Waals surface area contributed by atoms with E-state index in [0.717, 1.165) is 28.5 Å². The van der Waals surface area contributed by atoms with Crippen LogP contribution in [0.3, 0.4) is 0 Å². The molecule has 1 N–H and O–H groups in total. The van der Waals surface area contributed by atoms with Crippen molar-refractivity contribution in [3.8, 4) is 0 Å². The number of carbonyl (C=O) groups excluding carboxylic acids is 1. The van der Waals surface area contributed by atoms with Gasteiger partial charge in [-0.05, 0) is 49.4 Å². The lowest BCUT2D eigenvalue weighted by molar-refractivity contribution is 0.0742. The Balaban J connectivity index is 1.95. The molecular formula is C22H24N2O2. The van der Waals surface area contributed by atoms with Crippen LogP contribution < -0.4 is 5.56 Å². The quantitative estimate of drug-likeness (QED) is 0.751. The van der Waals surface area contributed by atoms with Crippen molar-refractivity contribution in [1.29, 1.82) is 0 Å². The van der Waals surface area contributed by atoms with E-state index in [1.54, 1.807) is 4.90 Å². The normalized spacial score (nSPS) is 10.9. The molecule has 0 saturated heterocycles. The zero-order valence-electron chi connectivity index (χ0n) is 15.5. The number of aromatic nitrogens is 1. The lowest BCUT2D eigenvalue weighted by atomic mass is 10.1. The van der Waals surface area contributed by atoms with Crippen molar-refractivity contribution in [2.45, 2.75) is 33.7 Å². The summed E-state index contributed by atoms with van der Waals surface area (Å²) in [5.41, 5.74) is 4.07. The standard InChI is InChI=1S/C22H24N2O2/c1-4-11-24(22(26)18-10-5-7-15(2)12-18)14-19-13-17-9-6-8-16(3)20(17)23-21(19)25/h5-10,12-13H,4,11,14H2,1-3H3,(H,23,25). The molecule has 0 saturated carbocycles. The van der Waals surface area contributed by atoms with Gasteiger partial charge in [0.05, 0.1) is 12.1 Å². The minimum absolute atomic E-state index is 0.0423. The molecule has 1 heterocycles. The first-order valence-electron chi connectivity index (χ1n) is 8.97. The highest BCUT2D eigenvalue weighted by atomic mass is 16.2. The molecule has 4 nitrogen and oxygen atoms in total. The molecular weight excluding hydrogens is 324 g/mol. The first kappa shape index (κ1) is 17.9. The Morgan fingerprint density at radius 3 is 2.58 bits per heavy atom. The number of pyridine rings is 1. The molecule has 0 radical (unpaired) electrons. The van der Waals surface area contributed by atoms with Gasteiger partial charge in [0, 0.05) is 17.7 Å². The molecule has 0 aliphatic heterocycles. The Labute approximate surface area is 153 Å². The minimum Gasteiger partial charge on any atom is -0.334 e. The van der Waals surface area contributed by atoms with E-state index < -0.39 is 0 Å². The van der Waals surface area contributed by atoms with E-state index in [1.165, 1.54) is 0 Å². The second kappa shape index (κ2) is 7.56. The fourth-order valence-electron chi connectivity index (χ4n) is 3.23. The first-order chi connectivity index (χ1) is 12.5. The highest BCUT2D eigenvalue weighted by molar-refractivity contribution is 5.94. The Hall–Kier alpha value is -2.88. The maximum atomic E-state index is 12.9. The molecule has 0 aliphatic rings.